The van der Waals surface area contributed by atoms with E-state index in [4.69, 9.17) is 0 Å². The largest absolute Gasteiger partial charge is 0.471 e. The van der Waals surface area contributed by atoms with E-state index >= 15 is 0 Å². The van der Waals surface area contributed by atoms with Gasteiger partial charge in [-0.2, -0.15) is 13.2 Å². The van der Waals surface area contributed by atoms with Gasteiger partial charge in [0.2, 0.25) is 0 Å². The number of hydrogen-bond donors (Lipinski definition) is 2. The van der Waals surface area contributed by atoms with Crippen molar-refractivity contribution in [2.24, 2.45) is 5.41 Å². The molecular weight excluding hydrogens is 427 g/mol. The summed E-state index contributed by atoms with van der Waals surface area (Å²) in [4.78, 5) is 36.8. The zero-order valence-corrected chi connectivity index (χ0v) is 17.0. The number of carbonyl (C=O) groups is 3. The topological polar surface area (TPSA) is 86.7 Å². The van der Waals surface area contributed by atoms with Crippen LogP contribution in [0.15, 0.2) is 30.3 Å². The average Bonchev–Trinajstić information content (AvgIpc) is 2.84. The Balaban J connectivity index is 2.36. The zero-order valence-electron chi connectivity index (χ0n) is 17.0. The third-order valence-corrected chi connectivity index (χ3v) is 5.48. The second-order valence-corrected chi connectivity index (χ2v) is 8.12. The van der Waals surface area contributed by atoms with Crippen molar-refractivity contribution in [1.82, 2.24) is 10.2 Å². The Hall–Kier alpha value is -2.56. The molecule has 0 radical (unpaired) electrons. The van der Waals surface area contributed by atoms with Crippen LogP contribution in [0, 0.1) is 5.41 Å². The number of amides is 2. The highest BCUT2D eigenvalue weighted by molar-refractivity contribution is 5.92. The van der Waals surface area contributed by atoms with E-state index in [9.17, 15) is 41.4 Å². The maximum absolute atomic E-state index is 14.5. The van der Waals surface area contributed by atoms with Crippen LogP contribution in [0.2, 0.25) is 0 Å². The first-order chi connectivity index (χ1) is 14.1. The summed E-state index contributed by atoms with van der Waals surface area (Å²) in [5.74, 6) is -8.01. The van der Waals surface area contributed by atoms with Gasteiger partial charge in [0, 0.05) is 0 Å². The number of Topliss-reactive ketones (excluding diaryl/α,β-unsaturated/α-hetero) is 1. The molecule has 2 amide bonds. The highest BCUT2D eigenvalue weighted by Crippen LogP contribution is 2.48. The monoisotopic (exact) mass is 450 g/mol. The van der Waals surface area contributed by atoms with Gasteiger partial charge in [-0.15, -0.1) is 0 Å². The van der Waals surface area contributed by atoms with Gasteiger partial charge in [-0.05, 0) is 18.9 Å². The van der Waals surface area contributed by atoms with Crippen LogP contribution < -0.4 is 5.32 Å². The first kappa shape index (κ1) is 24.7. The quantitative estimate of drug-likeness (QED) is 0.650. The van der Waals surface area contributed by atoms with E-state index in [-0.39, 0.29) is 6.42 Å². The molecule has 1 aliphatic heterocycles. The van der Waals surface area contributed by atoms with Crippen LogP contribution in [0.1, 0.15) is 26.3 Å². The van der Waals surface area contributed by atoms with Gasteiger partial charge in [0.15, 0.2) is 11.9 Å². The maximum atomic E-state index is 14.5. The van der Waals surface area contributed by atoms with Gasteiger partial charge in [0.05, 0.1) is 18.0 Å². The number of halogens is 5. The predicted molar refractivity (Wildman–Crippen MR) is 99.0 cm³/mol. The molecule has 172 valence electrons. The van der Waals surface area contributed by atoms with Crippen molar-refractivity contribution in [2.75, 3.05) is 6.54 Å². The van der Waals surface area contributed by atoms with Crippen LogP contribution >= 0.6 is 0 Å². The first-order valence-electron chi connectivity index (χ1n) is 9.38. The van der Waals surface area contributed by atoms with Crippen LogP contribution in [-0.2, 0) is 20.8 Å². The molecule has 1 fully saturated rings. The lowest BCUT2D eigenvalue weighted by molar-refractivity contribution is -0.175. The predicted octanol–water partition coefficient (Wildman–Crippen LogP) is 2.10. The Labute approximate surface area is 175 Å². The molecule has 31 heavy (non-hydrogen) atoms. The van der Waals surface area contributed by atoms with Gasteiger partial charge < -0.3 is 15.3 Å². The number of ketones is 1. The van der Waals surface area contributed by atoms with Gasteiger partial charge in [0.1, 0.15) is 6.04 Å². The van der Waals surface area contributed by atoms with Crippen molar-refractivity contribution < 1.29 is 41.4 Å². The summed E-state index contributed by atoms with van der Waals surface area (Å²) in [7, 11) is 0. The fraction of sp³-hybridized carbons (Fsp3) is 0.550. The standard InChI is InChI=1S/C20H23F5N2O4/c1-11(28)15-18(2,3)19(21,22)10-27(15)16(30)14(29)13(26-17(31)20(23,24)25)9-12-7-5-4-6-8-12/h4-8,13-15,29H,9-10H2,1-3H3,(H,26,31)/t13-,14-,15+/m0/s1. The van der Waals surface area contributed by atoms with E-state index < -0.39 is 59.8 Å². The summed E-state index contributed by atoms with van der Waals surface area (Å²) in [6, 6.07) is 4.36. The molecule has 6 nitrogen and oxygen atoms in total. The smallest absolute Gasteiger partial charge is 0.381 e. The van der Waals surface area contributed by atoms with Gasteiger partial charge in [-0.3, -0.25) is 14.4 Å². The summed E-state index contributed by atoms with van der Waals surface area (Å²) >= 11 is 0. The Kier molecular flexibility index (Phi) is 6.79. The molecule has 1 saturated heterocycles. The van der Waals surface area contributed by atoms with Gasteiger partial charge in [-0.25, -0.2) is 8.78 Å². The molecule has 0 aromatic heterocycles. The van der Waals surface area contributed by atoms with Crippen LogP contribution in [0.4, 0.5) is 22.0 Å². The Bertz CT molecular complexity index is 842. The fourth-order valence-corrected chi connectivity index (χ4v) is 3.73. The lowest BCUT2D eigenvalue weighted by atomic mass is 9.80. The normalized spacial score (nSPS) is 22.0. The van der Waals surface area contributed by atoms with E-state index in [1.807, 2.05) is 0 Å². The third kappa shape index (κ3) is 5.03. The molecule has 1 aliphatic rings. The fourth-order valence-electron chi connectivity index (χ4n) is 3.73. The molecule has 1 aromatic rings. The summed E-state index contributed by atoms with van der Waals surface area (Å²) in [5, 5.41) is 12.1. The van der Waals surface area contributed by atoms with E-state index in [0.717, 1.165) is 20.8 Å². The Morgan fingerprint density at radius 2 is 1.74 bits per heavy atom. The third-order valence-electron chi connectivity index (χ3n) is 5.48. The first-order valence-corrected chi connectivity index (χ1v) is 9.38. The molecule has 0 aliphatic carbocycles. The molecule has 1 heterocycles. The minimum Gasteiger partial charge on any atom is -0.381 e. The number of rotatable bonds is 6. The van der Waals surface area contributed by atoms with E-state index in [1.54, 1.807) is 23.5 Å². The van der Waals surface area contributed by atoms with Crippen molar-refractivity contribution in [3.8, 4) is 0 Å². The lowest BCUT2D eigenvalue weighted by Crippen LogP contribution is -2.57. The van der Waals surface area contributed by atoms with Crippen LogP contribution in [0.25, 0.3) is 0 Å². The molecule has 11 heteroatoms. The highest BCUT2D eigenvalue weighted by atomic mass is 19.4. The van der Waals surface area contributed by atoms with Crippen molar-refractivity contribution in [3.63, 3.8) is 0 Å². The van der Waals surface area contributed by atoms with E-state index in [2.05, 4.69) is 0 Å². The Morgan fingerprint density at radius 3 is 2.23 bits per heavy atom. The van der Waals surface area contributed by atoms with Gasteiger partial charge >= 0.3 is 12.1 Å². The van der Waals surface area contributed by atoms with Gasteiger partial charge in [0.25, 0.3) is 11.8 Å². The average molecular weight is 450 g/mol. The molecule has 0 spiro atoms. The summed E-state index contributed by atoms with van der Waals surface area (Å²) < 4.78 is 67.2. The number of aliphatic hydroxyl groups is 1. The molecule has 0 saturated carbocycles. The number of carbonyl (C=O) groups excluding carboxylic acids is 3. The van der Waals surface area contributed by atoms with Gasteiger partial charge in [-0.1, -0.05) is 44.2 Å². The van der Waals surface area contributed by atoms with Crippen LogP contribution in [0.3, 0.4) is 0 Å². The minimum absolute atomic E-state index is 0.381. The number of likely N-dealkylation sites (tertiary alicyclic amines) is 1. The van der Waals surface area contributed by atoms with E-state index in [1.165, 1.54) is 12.1 Å². The van der Waals surface area contributed by atoms with Crippen molar-refractivity contribution in [3.05, 3.63) is 35.9 Å². The van der Waals surface area contributed by atoms with Crippen LogP contribution in [0.5, 0.6) is 0 Å². The molecule has 2 N–H and O–H groups in total. The van der Waals surface area contributed by atoms with Crippen molar-refractivity contribution in [1.29, 1.82) is 0 Å². The number of hydrogen-bond acceptors (Lipinski definition) is 4. The number of nitrogens with zero attached hydrogens (tertiary/aromatic N) is 1. The second kappa shape index (κ2) is 8.52. The number of nitrogens with one attached hydrogen (secondary N) is 1. The molecule has 2 rings (SSSR count). The Morgan fingerprint density at radius 1 is 1.19 bits per heavy atom. The highest BCUT2D eigenvalue weighted by Gasteiger charge is 2.63. The lowest BCUT2D eigenvalue weighted by Gasteiger charge is -2.33. The SMILES string of the molecule is CC(=O)[C@H]1N(C(=O)[C@@H](O)[C@H](Cc2ccccc2)NC(=O)C(F)(F)F)CC(F)(F)C1(C)C. The number of benzene rings is 1. The van der Waals surface area contributed by atoms with Crippen molar-refractivity contribution >= 4 is 17.6 Å². The van der Waals surface area contributed by atoms with Crippen molar-refractivity contribution in [2.45, 2.75) is 57.5 Å². The molecule has 0 unspecified atom stereocenters. The molecule has 1 aromatic carbocycles. The number of aliphatic hydroxyl groups excluding tert-OH is 1. The zero-order chi connectivity index (χ0) is 23.8. The van der Waals surface area contributed by atoms with E-state index in [0.29, 0.717) is 10.5 Å². The minimum atomic E-state index is -5.29. The summed E-state index contributed by atoms with van der Waals surface area (Å²) in [5.41, 5.74) is -1.57. The molecule has 3 atom stereocenters. The van der Waals surface area contributed by atoms with Crippen LogP contribution in [-0.4, -0.2) is 64.4 Å². The second-order valence-electron chi connectivity index (χ2n) is 8.12. The molecule has 0 bridgehead atoms. The molecular formula is C20H23F5N2O4. The maximum Gasteiger partial charge on any atom is 0.471 e. The number of alkyl halides is 5. The summed E-state index contributed by atoms with van der Waals surface area (Å²) in [6.45, 7) is 2.00. The summed E-state index contributed by atoms with van der Waals surface area (Å²) in [6.07, 6.45) is -7.96.